The van der Waals surface area contributed by atoms with Gasteiger partial charge in [0.2, 0.25) is 0 Å². The second kappa shape index (κ2) is 14.0. The monoisotopic (exact) mass is 496 g/mol. The first-order valence-corrected chi connectivity index (χ1v) is 14.6. The van der Waals surface area contributed by atoms with Gasteiger partial charge in [-0.25, -0.2) is 0 Å². The van der Waals surface area contributed by atoms with Crippen molar-refractivity contribution >= 4 is 11.9 Å². The van der Waals surface area contributed by atoms with Crippen molar-refractivity contribution in [1.82, 2.24) is 0 Å². The number of hydrogen-bond donors (Lipinski definition) is 2. The van der Waals surface area contributed by atoms with Gasteiger partial charge in [-0.15, -0.1) is 0 Å². The Balaban J connectivity index is 6.54. The summed E-state index contributed by atoms with van der Waals surface area (Å²) < 4.78 is 0. The number of aliphatic carboxylic acids is 2. The number of carbonyl (C=O) groups is 2. The van der Waals surface area contributed by atoms with Crippen molar-refractivity contribution in [3.8, 4) is 0 Å². The lowest BCUT2D eigenvalue weighted by atomic mass is 9.49. The van der Waals surface area contributed by atoms with Gasteiger partial charge >= 0.3 is 11.9 Å². The summed E-state index contributed by atoms with van der Waals surface area (Å²) in [6.45, 7) is 21.8. The first kappa shape index (κ1) is 33.9. The molecule has 208 valence electrons. The van der Waals surface area contributed by atoms with Crippen LogP contribution in [-0.4, -0.2) is 22.2 Å². The summed E-state index contributed by atoms with van der Waals surface area (Å²) in [7, 11) is 0. The molecule has 0 saturated heterocycles. The quantitative estimate of drug-likeness (QED) is 0.164. The van der Waals surface area contributed by atoms with Gasteiger partial charge in [-0.1, -0.05) is 94.9 Å². The number of carboxylic acid groups (broad SMARTS) is 2. The molecule has 0 aromatic rings. The van der Waals surface area contributed by atoms with Crippen LogP contribution in [-0.2, 0) is 9.59 Å². The third kappa shape index (κ3) is 8.49. The van der Waals surface area contributed by atoms with Gasteiger partial charge in [0, 0.05) is 0 Å². The summed E-state index contributed by atoms with van der Waals surface area (Å²) in [4.78, 5) is 25.2. The molecule has 35 heavy (non-hydrogen) atoms. The summed E-state index contributed by atoms with van der Waals surface area (Å²) in [6, 6.07) is 0. The molecule has 0 bridgehead atoms. The van der Waals surface area contributed by atoms with E-state index in [0.29, 0.717) is 32.1 Å². The fraction of sp³-hybridized carbons (Fsp3) is 0.935. The van der Waals surface area contributed by atoms with E-state index in [1.807, 2.05) is 13.8 Å². The summed E-state index contributed by atoms with van der Waals surface area (Å²) >= 11 is 0. The van der Waals surface area contributed by atoms with Gasteiger partial charge in [-0.3, -0.25) is 9.59 Å². The van der Waals surface area contributed by atoms with Gasteiger partial charge in [0.25, 0.3) is 0 Å². The summed E-state index contributed by atoms with van der Waals surface area (Å²) in [5, 5.41) is 20.7. The SMILES string of the molecule is CCCC(C)(C)CC(CCCCC(CC)(CC)C(=O)O)(CC(C)(C)CCC)C(CC)(CC)C(=O)O. The Hall–Kier alpha value is -1.06. The van der Waals surface area contributed by atoms with Crippen molar-refractivity contribution in [1.29, 1.82) is 0 Å². The predicted octanol–water partition coefficient (Wildman–Crippen LogP) is 9.75. The van der Waals surface area contributed by atoms with Crippen LogP contribution in [0, 0.1) is 27.1 Å². The molecule has 0 amide bonds. The molecular formula is C31H60O4. The van der Waals surface area contributed by atoms with Crippen LogP contribution in [0.1, 0.15) is 159 Å². The molecule has 4 nitrogen and oxygen atoms in total. The van der Waals surface area contributed by atoms with E-state index < -0.39 is 22.8 Å². The molecule has 0 aliphatic rings. The lowest BCUT2D eigenvalue weighted by molar-refractivity contribution is -0.167. The van der Waals surface area contributed by atoms with Gasteiger partial charge in [-0.05, 0) is 80.5 Å². The molecule has 0 spiro atoms. The third-order valence-electron chi connectivity index (χ3n) is 9.49. The Morgan fingerprint density at radius 1 is 0.571 bits per heavy atom. The largest absolute Gasteiger partial charge is 0.481 e. The number of unbranched alkanes of at least 4 members (excludes halogenated alkanes) is 1. The zero-order valence-electron chi connectivity index (χ0n) is 25.1. The maximum atomic E-state index is 13.1. The second-order valence-corrected chi connectivity index (χ2v) is 13.1. The fourth-order valence-corrected chi connectivity index (χ4v) is 7.65. The molecule has 2 N–H and O–H groups in total. The van der Waals surface area contributed by atoms with Crippen molar-refractivity contribution in [2.24, 2.45) is 27.1 Å². The minimum absolute atomic E-state index is 0.0553. The van der Waals surface area contributed by atoms with Gasteiger partial charge in [0.05, 0.1) is 10.8 Å². The zero-order valence-corrected chi connectivity index (χ0v) is 25.1. The summed E-state index contributed by atoms with van der Waals surface area (Å²) in [6.07, 6.45) is 11.9. The normalized spacial score (nSPS) is 13.8. The zero-order chi connectivity index (χ0) is 27.6. The van der Waals surface area contributed by atoms with Crippen molar-refractivity contribution in [3.63, 3.8) is 0 Å². The third-order valence-corrected chi connectivity index (χ3v) is 9.49. The molecule has 0 heterocycles. The van der Waals surface area contributed by atoms with Crippen molar-refractivity contribution in [2.75, 3.05) is 0 Å². The van der Waals surface area contributed by atoms with Gasteiger partial charge in [-0.2, -0.15) is 0 Å². The van der Waals surface area contributed by atoms with Crippen LogP contribution in [0.15, 0.2) is 0 Å². The molecule has 0 atom stereocenters. The Morgan fingerprint density at radius 3 is 1.26 bits per heavy atom. The van der Waals surface area contributed by atoms with Crippen LogP contribution in [0.5, 0.6) is 0 Å². The second-order valence-electron chi connectivity index (χ2n) is 13.1. The van der Waals surface area contributed by atoms with Crippen LogP contribution in [0.2, 0.25) is 0 Å². The summed E-state index contributed by atoms with van der Waals surface area (Å²) in [5.41, 5.74) is -1.66. The molecule has 0 aliphatic carbocycles. The van der Waals surface area contributed by atoms with E-state index in [4.69, 9.17) is 0 Å². The lowest BCUT2D eigenvalue weighted by Gasteiger charge is -2.54. The van der Waals surface area contributed by atoms with E-state index in [-0.39, 0.29) is 16.2 Å². The maximum absolute atomic E-state index is 13.1. The van der Waals surface area contributed by atoms with Crippen molar-refractivity contribution < 1.29 is 19.8 Å². The van der Waals surface area contributed by atoms with E-state index in [0.717, 1.165) is 57.8 Å². The summed E-state index contributed by atoms with van der Waals surface area (Å²) in [5.74, 6) is -1.34. The standard InChI is InChI=1S/C31H60O4/c1-11-19-27(7,8)23-30(24-28(9,10)20-12-2,31(15-5,16-6)26(34)35)22-18-17-21-29(13-3,14-4)25(32)33/h11-24H2,1-10H3,(H,32,33)(H,34,35). The molecule has 0 rings (SSSR count). The molecule has 0 aliphatic heterocycles. The highest BCUT2D eigenvalue weighted by molar-refractivity contribution is 5.76. The van der Waals surface area contributed by atoms with Crippen LogP contribution in [0.4, 0.5) is 0 Å². The fourth-order valence-electron chi connectivity index (χ4n) is 7.65. The Labute approximate surface area is 218 Å². The van der Waals surface area contributed by atoms with Gasteiger partial charge in [0.15, 0.2) is 0 Å². The molecule has 0 radical (unpaired) electrons. The average molecular weight is 497 g/mol. The minimum atomic E-state index is -0.775. The van der Waals surface area contributed by atoms with Crippen LogP contribution in [0.3, 0.4) is 0 Å². The van der Waals surface area contributed by atoms with Gasteiger partial charge in [0.1, 0.15) is 0 Å². The lowest BCUT2D eigenvalue weighted by Crippen LogP contribution is -2.51. The highest BCUT2D eigenvalue weighted by Gasteiger charge is 2.56. The van der Waals surface area contributed by atoms with Crippen molar-refractivity contribution in [2.45, 2.75) is 159 Å². The minimum Gasteiger partial charge on any atom is -0.481 e. The smallest absolute Gasteiger partial charge is 0.310 e. The van der Waals surface area contributed by atoms with E-state index in [1.165, 1.54) is 0 Å². The Morgan fingerprint density at radius 2 is 0.971 bits per heavy atom. The number of rotatable bonds is 20. The topological polar surface area (TPSA) is 74.6 Å². The van der Waals surface area contributed by atoms with Crippen LogP contribution >= 0.6 is 0 Å². The van der Waals surface area contributed by atoms with Crippen molar-refractivity contribution in [3.05, 3.63) is 0 Å². The number of carboxylic acids is 2. The molecular weight excluding hydrogens is 436 g/mol. The molecule has 0 fully saturated rings. The molecule has 0 aromatic carbocycles. The molecule has 0 saturated carbocycles. The molecule has 4 heteroatoms. The maximum Gasteiger partial charge on any atom is 0.310 e. The highest BCUT2D eigenvalue weighted by Crippen LogP contribution is 2.60. The van der Waals surface area contributed by atoms with Crippen LogP contribution < -0.4 is 0 Å². The number of hydrogen-bond acceptors (Lipinski definition) is 2. The van der Waals surface area contributed by atoms with Gasteiger partial charge < -0.3 is 10.2 Å². The molecule has 0 unspecified atom stereocenters. The van der Waals surface area contributed by atoms with E-state index in [2.05, 4.69) is 55.4 Å². The highest BCUT2D eigenvalue weighted by atomic mass is 16.4. The Bertz CT molecular complexity index is 618. The van der Waals surface area contributed by atoms with Crippen LogP contribution in [0.25, 0.3) is 0 Å². The Kier molecular flexibility index (Phi) is 13.6. The average Bonchev–Trinajstić information content (AvgIpc) is 2.74. The van der Waals surface area contributed by atoms with E-state index >= 15 is 0 Å². The predicted molar refractivity (Wildman–Crippen MR) is 149 cm³/mol. The molecule has 0 aromatic heterocycles. The first-order chi connectivity index (χ1) is 16.1. The van der Waals surface area contributed by atoms with E-state index in [1.54, 1.807) is 0 Å². The van der Waals surface area contributed by atoms with E-state index in [9.17, 15) is 19.8 Å². The first-order valence-electron chi connectivity index (χ1n) is 14.6.